The Morgan fingerprint density at radius 2 is 1.74 bits per heavy atom. The SMILES string of the molecule is CCCC(O)(CCC)CN=C(NCC)NCCCN1CCCN(C)CC1.I. The molecule has 1 aliphatic rings. The van der Waals surface area contributed by atoms with Crippen LogP contribution in [0, 0.1) is 0 Å². The summed E-state index contributed by atoms with van der Waals surface area (Å²) in [5.74, 6) is 0.828. The van der Waals surface area contributed by atoms with E-state index in [2.05, 4.69) is 53.2 Å². The van der Waals surface area contributed by atoms with Crippen molar-refractivity contribution in [2.75, 3.05) is 59.4 Å². The van der Waals surface area contributed by atoms with Gasteiger partial charge in [-0.15, -0.1) is 24.0 Å². The smallest absolute Gasteiger partial charge is 0.191 e. The summed E-state index contributed by atoms with van der Waals surface area (Å²) >= 11 is 0. The molecule has 1 saturated heterocycles. The first kappa shape index (κ1) is 26.9. The fraction of sp³-hybridized carbons (Fsp3) is 0.950. The second-order valence-electron chi connectivity index (χ2n) is 7.70. The molecule has 1 fully saturated rings. The van der Waals surface area contributed by atoms with Gasteiger partial charge in [-0.3, -0.25) is 4.99 Å². The normalized spacial score (nSPS) is 17.3. The number of nitrogens with one attached hydrogen (secondary N) is 2. The summed E-state index contributed by atoms with van der Waals surface area (Å²) in [5.41, 5.74) is -0.663. The van der Waals surface area contributed by atoms with E-state index in [1.807, 2.05) is 0 Å². The molecular weight excluding hydrogens is 453 g/mol. The molecule has 0 aromatic carbocycles. The monoisotopic (exact) mass is 497 g/mol. The van der Waals surface area contributed by atoms with Crippen molar-refractivity contribution in [3.63, 3.8) is 0 Å². The van der Waals surface area contributed by atoms with Gasteiger partial charge in [0, 0.05) is 26.2 Å². The Balaban J connectivity index is 0.00000676. The first-order chi connectivity index (χ1) is 12.5. The van der Waals surface area contributed by atoms with Crippen molar-refractivity contribution in [3.8, 4) is 0 Å². The van der Waals surface area contributed by atoms with Gasteiger partial charge in [-0.2, -0.15) is 0 Å². The molecule has 6 nitrogen and oxygen atoms in total. The van der Waals surface area contributed by atoms with Crippen molar-refractivity contribution < 1.29 is 5.11 Å². The van der Waals surface area contributed by atoms with E-state index >= 15 is 0 Å². The zero-order valence-electron chi connectivity index (χ0n) is 18.1. The lowest BCUT2D eigenvalue weighted by atomic mass is 9.93. The summed E-state index contributed by atoms with van der Waals surface area (Å²) in [6.45, 7) is 14.4. The third-order valence-electron chi connectivity index (χ3n) is 5.06. The lowest BCUT2D eigenvalue weighted by Gasteiger charge is -2.26. The number of hydrogen-bond donors (Lipinski definition) is 3. The van der Waals surface area contributed by atoms with Crippen molar-refractivity contribution in [1.29, 1.82) is 0 Å². The summed E-state index contributed by atoms with van der Waals surface area (Å²) in [6.07, 6.45) is 5.98. The first-order valence-electron chi connectivity index (χ1n) is 10.7. The number of rotatable bonds is 11. The second-order valence-corrected chi connectivity index (χ2v) is 7.70. The molecule has 1 aliphatic heterocycles. The third kappa shape index (κ3) is 12.1. The lowest BCUT2D eigenvalue weighted by molar-refractivity contribution is 0.0306. The maximum atomic E-state index is 10.7. The highest BCUT2D eigenvalue weighted by molar-refractivity contribution is 14.0. The van der Waals surface area contributed by atoms with Crippen LogP contribution >= 0.6 is 24.0 Å². The minimum Gasteiger partial charge on any atom is -0.388 e. The van der Waals surface area contributed by atoms with Crippen LogP contribution in [0.2, 0.25) is 0 Å². The van der Waals surface area contributed by atoms with Crippen LogP contribution in [0.4, 0.5) is 0 Å². The Hall–Kier alpha value is -0.120. The number of halogens is 1. The molecule has 0 aliphatic carbocycles. The second kappa shape index (κ2) is 15.8. The van der Waals surface area contributed by atoms with Gasteiger partial charge in [0.05, 0.1) is 12.1 Å². The highest BCUT2D eigenvalue weighted by Gasteiger charge is 2.24. The van der Waals surface area contributed by atoms with E-state index in [1.165, 1.54) is 32.6 Å². The van der Waals surface area contributed by atoms with Crippen LogP contribution in [0.3, 0.4) is 0 Å². The Bertz CT molecular complexity index is 389. The molecule has 0 aromatic heterocycles. The van der Waals surface area contributed by atoms with Gasteiger partial charge in [0.1, 0.15) is 0 Å². The number of aliphatic hydroxyl groups is 1. The number of likely N-dealkylation sites (N-methyl/N-ethyl adjacent to an activating group) is 1. The summed E-state index contributed by atoms with van der Waals surface area (Å²) in [5, 5.41) is 17.5. The predicted molar refractivity (Wildman–Crippen MR) is 127 cm³/mol. The molecule has 7 heteroatoms. The fourth-order valence-corrected chi connectivity index (χ4v) is 3.61. The highest BCUT2D eigenvalue weighted by Crippen LogP contribution is 2.19. The maximum absolute atomic E-state index is 10.7. The molecule has 27 heavy (non-hydrogen) atoms. The molecule has 0 amide bonds. The molecule has 0 radical (unpaired) electrons. The van der Waals surface area contributed by atoms with Crippen molar-refractivity contribution >= 4 is 29.9 Å². The van der Waals surface area contributed by atoms with E-state index in [-0.39, 0.29) is 24.0 Å². The van der Waals surface area contributed by atoms with Gasteiger partial charge < -0.3 is 25.5 Å². The Labute approximate surface area is 184 Å². The van der Waals surface area contributed by atoms with Gasteiger partial charge in [0.15, 0.2) is 5.96 Å². The molecule has 3 N–H and O–H groups in total. The van der Waals surface area contributed by atoms with Crippen LogP contribution in [0.5, 0.6) is 0 Å². The Kier molecular flexibility index (Phi) is 15.7. The van der Waals surface area contributed by atoms with Crippen LogP contribution in [0.15, 0.2) is 4.99 Å². The van der Waals surface area contributed by atoms with Gasteiger partial charge in [0.2, 0.25) is 0 Å². The first-order valence-corrected chi connectivity index (χ1v) is 10.7. The van der Waals surface area contributed by atoms with Crippen LogP contribution in [-0.2, 0) is 0 Å². The maximum Gasteiger partial charge on any atom is 0.191 e. The van der Waals surface area contributed by atoms with Crippen molar-refractivity contribution in [1.82, 2.24) is 20.4 Å². The largest absolute Gasteiger partial charge is 0.388 e. The Morgan fingerprint density at radius 3 is 2.37 bits per heavy atom. The average Bonchev–Trinajstić information content (AvgIpc) is 2.81. The van der Waals surface area contributed by atoms with Gasteiger partial charge in [-0.25, -0.2) is 0 Å². The topological polar surface area (TPSA) is 63.1 Å². The van der Waals surface area contributed by atoms with Crippen LogP contribution < -0.4 is 10.6 Å². The minimum atomic E-state index is -0.663. The number of nitrogens with zero attached hydrogens (tertiary/aromatic N) is 3. The van der Waals surface area contributed by atoms with Crippen molar-refractivity contribution in [3.05, 3.63) is 0 Å². The van der Waals surface area contributed by atoms with E-state index in [4.69, 9.17) is 0 Å². The molecule has 0 saturated carbocycles. The summed E-state index contributed by atoms with van der Waals surface area (Å²) in [7, 11) is 2.21. The number of aliphatic imine (C=N–C) groups is 1. The number of hydrogen-bond acceptors (Lipinski definition) is 4. The van der Waals surface area contributed by atoms with E-state index in [1.54, 1.807) is 0 Å². The van der Waals surface area contributed by atoms with E-state index in [0.717, 1.165) is 57.7 Å². The molecule has 0 unspecified atom stereocenters. The van der Waals surface area contributed by atoms with E-state index in [9.17, 15) is 5.11 Å². The molecule has 0 atom stereocenters. The van der Waals surface area contributed by atoms with Gasteiger partial charge >= 0.3 is 0 Å². The standard InChI is InChI=1S/C20H43N5O.HI/c1-5-10-20(26,11-6-2)18-23-19(21-7-3)22-12-8-14-25-15-9-13-24(4)16-17-25;/h26H,5-18H2,1-4H3,(H2,21,22,23);1H. The molecule has 0 bridgehead atoms. The van der Waals surface area contributed by atoms with Gasteiger partial charge in [0.25, 0.3) is 0 Å². The molecular formula is C20H44IN5O. The van der Waals surface area contributed by atoms with Crippen LogP contribution in [0.25, 0.3) is 0 Å². The zero-order chi connectivity index (χ0) is 19.3. The summed E-state index contributed by atoms with van der Waals surface area (Å²) < 4.78 is 0. The van der Waals surface area contributed by atoms with E-state index < -0.39 is 5.60 Å². The van der Waals surface area contributed by atoms with Gasteiger partial charge in [-0.1, -0.05) is 26.7 Å². The zero-order valence-corrected chi connectivity index (χ0v) is 20.4. The molecule has 0 spiro atoms. The predicted octanol–water partition coefficient (Wildman–Crippen LogP) is 2.52. The lowest BCUT2D eigenvalue weighted by Crippen LogP contribution is -2.41. The van der Waals surface area contributed by atoms with Crippen molar-refractivity contribution in [2.45, 2.75) is 64.9 Å². The molecule has 1 heterocycles. The Morgan fingerprint density at radius 1 is 1.04 bits per heavy atom. The van der Waals surface area contributed by atoms with Crippen LogP contribution in [-0.4, -0.2) is 85.9 Å². The van der Waals surface area contributed by atoms with Gasteiger partial charge in [-0.05, 0) is 59.3 Å². The summed E-state index contributed by atoms with van der Waals surface area (Å²) in [4.78, 5) is 9.64. The van der Waals surface area contributed by atoms with Crippen molar-refractivity contribution in [2.24, 2.45) is 4.99 Å². The minimum absolute atomic E-state index is 0. The quantitative estimate of drug-likeness (QED) is 0.177. The molecule has 162 valence electrons. The van der Waals surface area contributed by atoms with E-state index in [0.29, 0.717) is 6.54 Å². The summed E-state index contributed by atoms with van der Waals surface area (Å²) in [6, 6.07) is 0. The number of guanidine groups is 1. The molecule has 0 aromatic rings. The third-order valence-corrected chi connectivity index (χ3v) is 5.06. The fourth-order valence-electron chi connectivity index (χ4n) is 3.61. The molecule has 1 rings (SSSR count). The highest BCUT2D eigenvalue weighted by atomic mass is 127. The average molecular weight is 498 g/mol. The van der Waals surface area contributed by atoms with Crippen LogP contribution in [0.1, 0.15) is 59.3 Å².